The van der Waals surface area contributed by atoms with Gasteiger partial charge in [-0.15, -0.1) is 0 Å². The molecule has 0 atom stereocenters. The Kier molecular flexibility index (Phi) is 6.26. The summed E-state index contributed by atoms with van der Waals surface area (Å²) < 4.78 is 10.5. The van der Waals surface area contributed by atoms with Crippen LogP contribution >= 0.6 is 0 Å². The molecule has 0 aliphatic carbocycles. The molecule has 114 valence electrons. The average Bonchev–Trinajstić information content (AvgIpc) is 2.49. The van der Waals surface area contributed by atoms with E-state index in [2.05, 4.69) is 0 Å². The van der Waals surface area contributed by atoms with Gasteiger partial charge in [0.2, 0.25) is 0 Å². The summed E-state index contributed by atoms with van der Waals surface area (Å²) in [6, 6.07) is 4.96. The van der Waals surface area contributed by atoms with Gasteiger partial charge in [-0.3, -0.25) is 4.79 Å². The monoisotopic (exact) mass is 293 g/mol. The number of nitrogens with zero attached hydrogens (tertiary/aromatic N) is 1. The van der Waals surface area contributed by atoms with Gasteiger partial charge in [0.15, 0.2) is 6.61 Å². The molecule has 0 aliphatic rings. The minimum absolute atomic E-state index is 0.107. The molecular formula is C15H19NO5. The minimum Gasteiger partial charge on any atom is -0.497 e. The summed E-state index contributed by atoms with van der Waals surface area (Å²) in [5.74, 6) is -0.220. The second-order valence-corrected chi connectivity index (χ2v) is 4.27. The molecule has 6 heteroatoms. The number of rotatable bonds is 7. The molecule has 1 rings (SSSR count). The van der Waals surface area contributed by atoms with Crippen LogP contribution in [0.4, 0.5) is 0 Å². The van der Waals surface area contributed by atoms with Gasteiger partial charge in [-0.1, -0.05) is 0 Å². The number of carbonyl (C=O) groups excluding carboxylic acids is 1. The number of carbonyl (C=O) groups is 2. The van der Waals surface area contributed by atoms with E-state index in [9.17, 15) is 9.59 Å². The van der Waals surface area contributed by atoms with E-state index >= 15 is 0 Å². The fourth-order valence-corrected chi connectivity index (χ4v) is 1.50. The molecule has 0 aliphatic heterocycles. The first-order valence-electron chi connectivity index (χ1n) is 6.43. The predicted molar refractivity (Wildman–Crippen MR) is 78.5 cm³/mol. The van der Waals surface area contributed by atoms with E-state index in [-0.39, 0.29) is 12.5 Å². The number of likely N-dealkylation sites (N-methyl/N-ethyl adjacent to an activating group) is 1. The first-order valence-corrected chi connectivity index (χ1v) is 6.43. The highest BCUT2D eigenvalue weighted by Gasteiger charge is 2.10. The van der Waals surface area contributed by atoms with Gasteiger partial charge in [0.25, 0.3) is 5.91 Å². The van der Waals surface area contributed by atoms with Crippen LogP contribution in [-0.2, 0) is 9.59 Å². The van der Waals surface area contributed by atoms with Crippen molar-refractivity contribution in [3.8, 4) is 11.5 Å². The molecule has 1 amide bonds. The normalized spacial score (nSPS) is 10.4. The molecule has 1 aromatic carbocycles. The van der Waals surface area contributed by atoms with E-state index in [1.54, 1.807) is 25.2 Å². The van der Waals surface area contributed by atoms with Crippen LogP contribution in [0.3, 0.4) is 0 Å². The van der Waals surface area contributed by atoms with Crippen molar-refractivity contribution in [2.24, 2.45) is 0 Å². The molecule has 0 heterocycles. The van der Waals surface area contributed by atoms with Crippen molar-refractivity contribution >= 4 is 18.0 Å². The molecule has 0 radical (unpaired) electrons. The average molecular weight is 293 g/mol. The third-order valence-electron chi connectivity index (χ3n) is 2.87. The molecule has 0 saturated heterocycles. The Bertz CT molecular complexity index is 539. The Hall–Kier alpha value is -2.50. The maximum absolute atomic E-state index is 11.7. The third-order valence-corrected chi connectivity index (χ3v) is 2.87. The molecule has 0 spiro atoms. The quantitative estimate of drug-likeness (QED) is 0.774. The van der Waals surface area contributed by atoms with E-state index < -0.39 is 5.97 Å². The van der Waals surface area contributed by atoms with Gasteiger partial charge >= 0.3 is 5.97 Å². The summed E-state index contributed by atoms with van der Waals surface area (Å²) in [7, 11) is 3.20. The van der Waals surface area contributed by atoms with E-state index in [1.807, 2.05) is 6.92 Å². The van der Waals surface area contributed by atoms with E-state index in [1.165, 1.54) is 18.1 Å². The van der Waals surface area contributed by atoms with Gasteiger partial charge in [0.05, 0.1) is 7.11 Å². The van der Waals surface area contributed by atoms with Gasteiger partial charge in [-0.05, 0) is 31.2 Å². The first kappa shape index (κ1) is 16.6. The van der Waals surface area contributed by atoms with Crippen molar-refractivity contribution < 1.29 is 24.2 Å². The zero-order chi connectivity index (χ0) is 15.8. The van der Waals surface area contributed by atoms with Crippen LogP contribution in [0.5, 0.6) is 11.5 Å². The summed E-state index contributed by atoms with van der Waals surface area (Å²) >= 11 is 0. The molecule has 0 unspecified atom stereocenters. The lowest BCUT2D eigenvalue weighted by Gasteiger charge is -2.16. The van der Waals surface area contributed by atoms with Crippen molar-refractivity contribution in [3.63, 3.8) is 0 Å². The third kappa shape index (κ3) is 5.18. The van der Waals surface area contributed by atoms with Crippen molar-refractivity contribution in [2.45, 2.75) is 6.92 Å². The number of hydrogen-bond donors (Lipinski definition) is 1. The van der Waals surface area contributed by atoms with Crippen molar-refractivity contribution in [1.29, 1.82) is 0 Å². The number of benzene rings is 1. The van der Waals surface area contributed by atoms with Crippen molar-refractivity contribution in [1.82, 2.24) is 4.90 Å². The fraction of sp³-hybridized carbons (Fsp3) is 0.333. The summed E-state index contributed by atoms with van der Waals surface area (Å²) in [5.41, 5.74) is 0.531. The fourth-order valence-electron chi connectivity index (χ4n) is 1.50. The number of hydrogen-bond acceptors (Lipinski definition) is 4. The maximum Gasteiger partial charge on any atom is 0.328 e. The molecular weight excluding hydrogens is 274 g/mol. The maximum atomic E-state index is 11.7. The Morgan fingerprint density at radius 1 is 1.38 bits per heavy atom. The van der Waals surface area contributed by atoms with Gasteiger partial charge in [0, 0.05) is 25.2 Å². The molecule has 1 N–H and O–H groups in total. The smallest absolute Gasteiger partial charge is 0.328 e. The molecule has 1 aromatic rings. The topological polar surface area (TPSA) is 76.1 Å². The van der Waals surface area contributed by atoms with Crippen LogP contribution < -0.4 is 9.47 Å². The zero-order valence-corrected chi connectivity index (χ0v) is 12.3. The number of carboxylic acids is 1. The zero-order valence-electron chi connectivity index (χ0n) is 12.3. The van der Waals surface area contributed by atoms with E-state index in [0.29, 0.717) is 23.6 Å². The predicted octanol–water partition coefficient (Wildman–Crippen LogP) is 1.65. The van der Waals surface area contributed by atoms with Crippen LogP contribution in [0, 0.1) is 0 Å². The number of carboxylic acid groups (broad SMARTS) is 1. The van der Waals surface area contributed by atoms with Gasteiger partial charge in [0.1, 0.15) is 11.5 Å². The lowest BCUT2D eigenvalue weighted by atomic mass is 10.1. The summed E-state index contributed by atoms with van der Waals surface area (Å²) in [6.07, 6.45) is 2.40. The highest BCUT2D eigenvalue weighted by Crippen LogP contribution is 2.25. The second-order valence-electron chi connectivity index (χ2n) is 4.27. The Labute approximate surface area is 123 Å². The lowest BCUT2D eigenvalue weighted by molar-refractivity contribution is -0.132. The number of aliphatic carboxylic acids is 1. The summed E-state index contributed by atoms with van der Waals surface area (Å²) in [6.45, 7) is 2.35. The highest BCUT2D eigenvalue weighted by molar-refractivity contribution is 5.86. The number of methoxy groups -OCH3 is 1. The van der Waals surface area contributed by atoms with Crippen LogP contribution in [0.2, 0.25) is 0 Å². The SMILES string of the molecule is CCN(C)C(=O)COc1ccc(OC)cc1/C=C/C(=O)O. The van der Waals surface area contributed by atoms with Crippen molar-refractivity contribution in [2.75, 3.05) is 27.3 Å². The molecule has 0 aromatic heterocycles. The van der Waals surface area contributed by atoms with E-state index in [4.69, 9.17) is 14.6 Å². The van der Waals surface area contributed by atoms with Gasteiger partial charge < -0.3 is 19.5 Å². The minimum atomic E-state index is -1.06. The number of ether oxygens (including phenoxy) is 2. The summed E-state index contributed by atoms with van der Waals surface area (Å²) in [4.78, 5) is 23.9. The van der Waals surface area contributed by atoms with E-state index in [0.717, 1.165) is 6.08 Å². The Balaban J connectivity index is 2.90. The molecule has 0 bridgehead atoms. The summed E-state index contributed by atoms with van der Waals surface area (Å²) in [5, 5.41) is 8.70. The largest absolute Gasteiger partial charge is 0.497 e. The standard InChI is InChI=1S/C15H19NO5/c1-4-16(2)14(17)10-21-13-7-6-12(20-3)9-11(13)5-8-15(18)19/h5-9H,4,10H2,1-3H3,(H,18,19)/b8-5+. The first-order chi connectivity index (χ1) is 9.97. The van der Waals surface area contributed by atoms with Crippen LogP contribution in [-0.4, -0.2) is 49.2 Å². The highest BCUT2D eigenvalue weighted by atomic mass is 16.5. The van der Waals surface area contributed by atoms with Crippen molar-refractivity contribution in [3.05, 3.63) is 29.8 Å². The number of amides is 1. The molecule has 0 saturated carbocycles. The molecule has 21 heavy (non-hydrogen) atoms. The van der Waals surface area contributed by atoms with Crippen LogP contribution in [0.1, 0.15) is 12.5 Å². The second kappa shape index (κ2) is 7.94. The van der Waals surface area contributed by atoms with Crippen LogP contribution in [0.15, 0.2) is 24.3 Å². The van der Waals surface area contributed by atoms with Gasteiger partial charge in [-0.2, -0.15) is 0 Å². The Morgan fingerprint density at radius 3 is 2.67 bits per heavy atom. The lowest BCUT2D eigenvalue weighted by Crippen LogP contribution is -2.31. The van der Waals surface area contributed by atoms with Crippen LogP contribution in [0.25, 0.3) is 6.08 Å². The molecule has 6 nitrogen and oxygen atoms in total. The van der Waals surface area contributed by atoms with Gasteiger partial charge in [-0.25, -0.2) is 4.79 Å². The molecule has 0 fully saturated rings. The Morgan fingerprint density at radius 2 is 2.10 bits per heavy atom.